The van der Waals surface area contributed by atoms with Crippen molar-refractivity contribution in [3.8, 4) is 0 Å². The van der Waals surface area contributed by atoms with Crippen LogP contribution in [0.3, 0.4) is 0 Å². The van der Waals surface area contributed by atoms with Crippen LogP contribution in [-0.4, -0.2) is 54.3 Å². The number of aliphatic imine (C=N–C) groups is 1. The number of anilines is 1. The predicted molar refractivity (Wildman–Crippen MR) is 223 cm³/mol. The fourth-order valence-corrected chi connectivity index (χ4v) is 7.92. The van der Waals surface area contributed by atoms with Crippen molar-refractivity contribution in [3.63, 3.8) is 0 Å². The van der Waals surface area contributed by atoms with Gasteiger partial charge in [-0.2, -0.15) is 0 Å². The zero-order valence-corrected chi connectivity index (χ0v) is 34.0. The Bertz CT molecular complexity index is 2200. The van der Waals surface area contributed by atoms with Crippen molar-refractivity contribution < 1.29 is 19.0 Å². The summed E-state index contributed by atoms with van der Waals surface area (Å²) in [6.45, 7) is 3.15. The molecule has 1 saturated heterocycles. The van der Waals surface area contributed by atoms with Gasteiger partial charge in [0.15, 0.2) is 0 Å². The number of ether oxygens (including phenoxy) is 3. The van der Waals surface area contributed by atoms with E-state index in [0.717, 1.165) is 47.4 Å². The van der Waals surface area contributed by atoms with Gasteiger partial charge in [0.25, 0.3) is 0 Å². The van der Waals surface area contributed by atoms with Gasteiger partial charge in [-0.05, 0) is 69.0 Å². The minimum atomic E-state index is -0.0416. The lowest BCUT2D eigenvalue weighted by Gasteiger charge is -2.26. The van der Waals surface area contributed by atoms with E-state index < -0.39 is 0 Å². The summed E-state index contributed by atoms with van der Waals surface area (Å²) in [5, 5.41) is 6.20. The highest BCUT2D eigenvalue weighted by Gasteiger charge is 2.25. The Morgan fingerprint density at radius 2 is 1.30 bits per heavy atom. The van der Waals surface area contributed by atoms with Crippen LogP contribution in [0.15, 0.2) is 146 Å². The van der Waals surface area contributed by atoms with Crippen molar-refractivity contribution >= 4 is 76.3 Å². The molecule has 1 fully saturated rings. The number of nitrogens with zero attached hydrogens (tertiary/aromatic N) is 3. The second-order valence-electron chi connectivity index (χ2n) is 12.8. The van der Waals surface area contributed by atoms with Crippen LogP contribution in [0.4, 0.5) is 5.69 Å². The van der Waals surface area contributed by atoms with Crippen LogP contribution in [-0.2, 0) is 25.6 Å². The highest BCUT2D eigenvalue weighted by Crippen LogP contribution is 2.32. The average molecular weight is 917 g/mol. The van der Waals surface area contributed by atoms with Crippen molar-refractivity contribution in [2.75, 3.05) is 38.4 Å². The third kappa shape index (κ3) is 9.73. The molecule has 1 amide bonds. The highest BCUT2D eigenvalue weighted by atomic mass is 79.9. The van der Waals surface area contributed by atoms with Crippen LogP contribution in [0.5, 0.6) is 0 Å². The molecule has 0 radical (unpaired) electrons. The minimum absolute atomic E-state index is 0.0162. The summed E-state index contributed by atoms with van der Waals surface area (Å²) in [4.78, 5) is 20.5. The van der Waals surface area contributed by atoms with Gasteiger partial charge in [0, 0.05) is 13.4 Å². The third-order valence-electron chi connectivity index (χ3n) is 9.00. The molecule has 3 aliphatic heterocycles. The molecule has 0 aliphatic carbocycles. The van der Waals surface area contributed by atoms with Crippen LogP contribution in [0.25, 0.3) is 11.0 Å². The Morgan fingerprint density at radius 3 is 2.00 bits per heavy atom. The number of morpholine rings is 1. The average Bonchev–Trinajstić information content (AvgIpc) is 3.59. The fraction of sp³-hybridized carbons (Fsp3) is 0.214. The van der Waals surface area contributed by atoms with Gasteiger partial charge in [-0.1, -0.05) is 123 Å². The smallest absolute Gasteiger partial charge is 0.246 e. The summed E-state index contributed by atoms with van der Waals surface area (Å²) in [6, 6.07) is 43.0. The quantitative estimate of drug-likeness (QED) is 0.183. The van der Waals surface area contributed by atoms with E-state index in [1.807, 2.05) is 84.9 Å². The first-order valence-electron chi connectivity index (χ1n) is 17.5. The van der Waals surface area contributed by atoms with Gasteiger partial charge in [0.2, 0.25) is 5.91 Å². The lowest BCUT2D eigenvalue weighted by atomic mass is 10.1. The normalized spacial score (nSPS) is 19.2. The Labute approximate surface area is 339 Å². The number of hydrogen-bond acceptors (Lipinski definition) is 7. The summed E-state index contributed by atoms with van der Waals surface area (Å²) in [6.07, 6.45) is 0. The Balaban J connectivity index is 0.000000129. The fourth-order valence-electron chi connectivity index (χ4n) is 6.43. The molecule has 5 aromatic carbocycles. The van der Waals surface area contributed by atoms with Gasteiger partial charge in [-0.25, -0.2) is 4.98 Å². The molecule has 9 nitrogen and oxygen atoms in total. The lowest BCUT2D eigenvalue weighted by molar-refractivity contribution is -0.131. The van der Waals surface area contributed by atoms with Gasteiger partial charge in [0.1, 0.15) is 37.5 Å². The van der Waals surface area contributed by atoms with Crippen LogP contribution in [0, 0.1) is 0 Å². The van der Waals surface area contributed by atoms with E-state index in [-0.39, 0.29) is 30.6 Å². The number of nitrogens with one attached hydrogen (secondary N) is 2. The second kappa shape index (κ2) is 18.4. The summed E-state index contributed by atoms with van der Waals surface area (Å²) < 4.78 is 21.9. The zero-order valence-electron chi connectivity index (χ0n) is 29.2. The van der Waals surface area contributed by atoms with Gasteiger partial charge < -0.3 is 29.4 Å². The van der Waals surface area contributed by atoms with E-state index >= 15 is 0 Å². The molecule has 54 heavy (non-hydrogen) atoms. The molecule has 6 aromatic rings. The Morgan fingerprint density at radius 1 is 0.667 bits per heavy atom. The minimum Gasteiger partial charge on any atom is -0.371 e. The number of amidine groups is 1. The first kappa shape index (κ1) is 38.1. The second-order valence-corrected chi connectivity index (χ2v) is 15.5. The molecule has 4 heterocycles. The maximum absolute atomic E-state index is 11.0. The molecule has 276 valence electrons. The zero-order chi connectivity index (χ0) is 37.3. The number of imidazole rings is 1. The van der Waals surface area contributed by atoms with Crippen LogP contribution < -0.4 is 10.6 Å². The molecular formula is C42H38Br3N5O4. The van der Waals surface area contributed by atoms with Gasteiger partial charge >= 0.3 is 0 Å². The number of benzene rings is 5. The molecule has 0 bridgehead atoms. The number of fused-ring (bicyclic) bond motifs is 3. The van der Waals surface area contributed by atoms with Crippen molar-refractivity contribution in [1.82, 2.24) is 14.9 Å². The molecule has 9 rings (SSSR count). The molecule has 3 atom stereocenters. The van der Waals surface area contributed by atoms with E-state index in [1.54, 1.807) is 0 Å². The summed E-state index contributed by atoms with van der Waals surface area (Å²) in [5.41, 5.74) is 6.69. The summed E-state index contributed by atoms with van der Waals surface area (Å²) >= 11 is 10.5. The summed E-state index contributed by atoms with van der Waals surface area (Å²) in [7, 11) is 0. The first-order chi connectivity index (χ1) is 26.4. The molecule has 0 saturated carbocycles. The number of halogens is 3. The molecule has 3 aliphatic rings. The SMILES string of the molecule is Brc1ccc(NC2=N[C@@H](c3ccccc3)COC2)c(Br)c1.Brc1ccc2nc3n(c2c1)[C@@H](c1ccccc1)COC3.O=C1COC[C@H](c2ccccc2)N1. The molecule has 0 spiro atoms. The number of amides is 1. The number of rotatable bonds is 4. The van der Waals surface area contributed by atoms with E-state index in [9.17, 15) is 4.79 Å². The number of aromatic nitrogens is 2. The largest absolute Gasteiger partial charge is 0.371 e. The Hall–Kier alpha value is -4.17. The first-order valence-corrected chi connectivity index (χ1v) is 19.9. The van der Waals surface area contributed by atoms with E-state index in [4.69, 9.17) is 19.2 Å². The predicted octanol–water partition coefficient (Wildman–Crippen LogP) is 9.59. The van der Waals surface area contributed by atoms with Crippen LogP contribution in [0.1, 0.15) is 40.6 Å². The standard InChI is InChI=1S/C16H14Br2N2O.C16H13BrN2O.C10H11NO2/c17-12-6-7-14(13(18)8-12)19-16-10-21-9-15(20-16)11-4-2-1-3-5-11;17-12-6-7-13-14(8-12)19-15(9-20-10-16(19)18-13)11-4-2-1-3-5-11;12-10-7-13-6-9(11-10)8-4-2-1-3-5-8/h1-8,15H,9-10H2,(H,19,20);1-8,15H,9-10H2;1-5,9H,6-7H2,(H,11,12)/t2*15-;9-/m111/s1. The van der Waals surface area contributed by atoms with Crippen LogP contribution in [0.2, 0.25) is 0 Å². The van der Waals surface area contributed by atoms with Crippen molar-refractivity contribution in [1.29, 1.82) is 0 Å². The maximum Gasteiger partial charge on any atom is 0.246 e. The van der Waals surface area contributed by atoms with Gasteiger partial charge in [0.05, 0.1) is 48.6 Å². The number of hydrogen-bond donors (Lipinski definition) is 2. The molecular weight excluding hydrogens is 878 g/mol. The van der Waals surface area contributed by atoms with Gasteiger partial charge in [-0.15, -0.1) is 0 Å². The van der Waals surface area contributed by atoms with E-state index in [2.05, 4.69) is 110 Å². The molecule has 2 N–H and O–H groups in total. The van der Waals surface area contributed by atoms with Crippen molar-refractivity contribution in [2.45, 2.75) is 24.7 Å². The number of carbonyl (C=O) groups excluding carboxylic acids is 1. The van der Waals surface area contributed by atoms with E-state index in [1.165, 1.54) is 11.1 Å². The maximum atomic E-state index is 11.0. The number of carbonyl (C=O) groups is 1. The topological polar surface area (TPSA) is 99.0 Å². The molecule has 12 heteroatoms. The third-order valence-corrected chi connectivity index (χ3v) is 10.6. The monoisotopic (exact) mass is 913 g/mol. The van der Waals surface area contributed by atoms with Crippen molar-refractivity contribution in [3.05, 3.63) is 163 Å². The molecule has 1 aromatic heterocycles. The molecule has 0 unspecified atom stereocenters. The Kier molecular flexibility index (Phi) is 13.0. The van der Waals surface area contributed by atoms with Gasteiger partial charge in [-0.3, -0.25) is 9.79 Å². The van der Waals surface area contributed by atoms with E-state index in [0.29, 0.717) is 33.0 Å². The van der Waals surface area contributed by atoms with Crippen molar-refractivity contribution in [2.24, 2.45) is 4.99 Å². The highest BCUT2D eigenvalue weighted by molar-refractivity contribution is 9.11. The van der Waals surface area contributed by atoms with Crippen LogP contribution >= 0.6 is 47.8 Å². The summed E-state index contributed by atoms with van der Waals surface area (Å²) in [5.74, 6) is 1.80. The lowest BCUT2D eigenvalue weighted by Crippen LogP contribution is -2.39.